The van der Waals surface area contributed by atoms with E-state index in [0.29, 0.717) is 11.8 Å². The lowest BCUT2D eigenvalue weighted by atomic mass is 10.1. The molecule has 0 saturated heterocycles. The summed E-state index contributed by atoms with van der Waals surface area (Å²) in [7, 11) is 0. The average Bonchev–Trinajstić information content (AvgIpc) is 2.39. The normalized spacial score (nSPS) is 32.8. The van der Waals surface area contributed by atoms with Crippen LogP contribution in [-0.2, 0) is 4.79 Å². The van der Waals surface area contributed by atoms with E-state index in [-0.39, 0.29) is 5.92 Å². The van der Waals surface area contributed by atoms with Crippen LogP contribution >= 0.6 is 0 Å². The van der Waals surface area contributed by atoms with Crippen molar-refractivity contribution in [2.75, 3.05) is 0 Å². The molecule has 1 aliphatic carbocycles. The first-order valence-electron chi connectivity index (χ1n) is 3.19. The maximum atomic E-state index is 10.2. The predicted molar refractivity (Wildman–Crippen MR) is 33.8 cm³/mol. The summed E-state index contributed by atoms with van der Waals surface area (Å²) < 4.78 is 0. The molecule has 1 fully saturated rings. The molecule has 0 aromatic heterocycles. The zero-order chi connectivity index (χ0) is 7.02. The fraction of sp³-hybridized carbons (Fsp3) is 0.714. The van der Waals surface area contributed by atoms with Gasteiger partial charge < -0.3 is 5.11 Å². The van der Waals surface area contributed by atoms with Gasteiger partial charge in [-0.25, -0.2) is 0 Å². The Bertz CT molecular complexity index is 129. The zero-order valence-electron chi connectivity index (χ0n) is 5.50. The van der Waals surface area contributed by atoms with E-state index in [1.807, 2.05) is 6.92 Å². The van der Waals surface area contributed by atoms with Gasteiger partial charge in [0.05, 0.1) is 5.92 Å². The van der Waals surface area contributed by atoms with Gasteiger partial charge in [0.2, 0.25) is 0 Å². The van der Waals surface area contributed by atoms with Gasteiger partial charge in [-0.2, -0.15) is 0 Å². The average molecular weight is 127 g/mol. The molecular formula is C7H11O2. The lowest BCUT2D eigenvalue weighted by Gasteiger charge is -1.97. The van der Waals surface area contributed by atoms with Crippen LogP contribution < -0.4 is 0 Å². The molecule has 1 radical (unpaired) electrons. The second kappa shape index (κ2) is 2.01. The van der Waals surface area contributed by atoms with Crippen molar-refractivity contribution >= 4 is 5.97 Å². The summed E-state index contributed by atoms with van der Waals surface area (Å²) in [5.41, 5.74) is 0. The van der Waals surface area contributed by atoms with Crippen molar-refractivity contribution in [2.24, 2.45) is 17.8 Å². The van der Waals surface area contributed by atoms with E-state index in [9.17, 15) is 4.79 Å². The second-order valence-electron chi connectivity index (χ2n) is 2.82. The summed E-state index contributed by atoms with van der Waals surface area (Å²) in [6.45, 7) is 5.74. The molecule has 51 valence electrons. The van der Waals surface area contributed by atoms with Crippen molar-refractivity contribution in [3.63, 3.8) is 0 Å². The van der Waals surface area contributed by atoms with E-state index in [4.69, 9.17) is 5.11 Å². The molecule has 9 heavy (non-hydrogen) atoms. The molecule has 0 heterocycles. The summed E-state index contributed by atoms with van der Waals surface area (Å²) in [6.07, 6.45) is 0.833. The molecule has 0 aromatic rings. The van der Waals surface area contributed by atoms with E-state index in [1.165, 1.54) is 0 Å². The first-order chi connectivity index (χ1) is 4.13. The quantitative estimate of drug-likeness (QED) is 0.604. The van der Waals surface area contributed by atoms with Gasteiger partial charge in [-0.15, -0.1) is 0 Å². The van der Waals surface area contributed by atoms with Gasteiger partial charge in [0, 0.05) is 0 Å². The van der Waals surface area contributed by atoms with Gasteiger partial charge >= 0.3 is 5.97 Å². The van der Waals surface area contributed by atoms with Crippen molar-refractivity contribution in [3.05, 3.63) is 6.92 Å². The van der Waals surface area contributed by atoms with Crippen molar-refractivity contribution in [2.45, 2.75) is 13.3 Å². The Hall–Kier alpha value is -0.530. The third-order valence-electron chi connectivity index (χ3n) is 1.89. The summed E-state index contributed by atoms with van der Waals surface area (Å²) in [4.78, 5) is 10.2. The van der Waals surface area contributed by atoms with Crippen molar-refractivity contribution in [1.82, 2.24) is 0 Å². The second-order valence-corrected chi connectivity index (χ2v) is 2.82. The van der Waals surface area contributed by atoms with Crippen molar-refractivity contribution < 1.29 is 9.90 Å². The Kier molecular flexibility index (Phi) is 1.47. The number of hydrogen-bond donors (Lipinski definition) is 1. The maximum absolute atomic E-state index is 10.2. The fourth-order valence-corrected chi connectivity index (χ4v) is 1.13. The molecule has 0 amide bonds. The number of aliphatic carboxylic acids is 1. The maximum Gasteiger partial charge on any atom is 0.306 e. The number of rotatable bonds is 2. The van der Waals surface area contributed by atoms with Gasteiger partial charge in [0.15, 0.2) is 0 Å². The Labute approximate surface area is 54.9 Å². The summed E-state index contributed by atoms with van der Waals surface area (Å²) in [5, 5.41) is 8.44. The van der Waals surface area contributed by atoms with Crippen LogP contribution in [0, 0.1) is 24.7 Å². The topological polar surface area (TPSA) is 37.3 Å². The Morgan fingerprint density at radius 1 is 1.89 bits per heavy atom. The van der Waals surface area contributed by atoms with Gasteiger partial charge in [-0.05, 0) is 18.3 Å². The van der Waals surface area contributed by atoms with Crippen LogP contribution in [0.4, 0.5) is 0 Å². The highest BCUT2D eigenvalue weighted by atomic mass is 16.4. The minimum Gasteiger partial charge on any atom is -0.481 e. The lowest BCUT2D eigenvalue weighted by Crippen LogP contribution is -2.02. The molecule has 1 rings (SSSR count). The van der Waals surface area contributed by atoms with Crippen LogP contribution in [0.3, 0.4) is 0 Å². The van der Waals surface area contributed by atoms with E-state index in [1.54, 1.807) is 0 Å². The molecule has 2 nitrogen and oxygen atoms in total. The summed E-state index contributed by atoms with van der Waals surface area (Å²) in [5.74, 6) is -0.0957. The van der Waals surface area contributed by atoms with Crippen molar-refractivity contribution in [1.29, 1.82) is 0 Å². The van der Waals surface area contributed by atoms with Gasteiger partial charge in [-0.3, -0.25) is 4.79 Å². The molecule has 0 aliphatic heterocycles. The van der Waals surface area contributed by atoms with E-state index >= 15 is 0 Å². The van der Waals surface area contributed by atoms with E-state index in [0.717, 1.165) is 6.42 Å². The molecule has 0 spiro atoms. The first-order valence-corrected chi connectivity index (χ1v) is 3.19. The SMILES string of the molecule is [CH2]C(C)C1CC1C(=O)O. The molecular weight excluding hydrogens is 116 g/mol. The standard InChI is InChI=1S/C7H11O2/c1-4(2)5-3-6(5)7(8)9/h4-6H,1,3H2,2H3,(H,8,9). The van der Waals surface area contributed by atoms with Gasteiger partial charge in [-0.1, -0.05) is 13.8 Å². The van der Waals surface area contributed by atoms with Crippen LogP contribution in [0.25, 0.3) is 0 Å². The molecule has 3 unspecified atom stereocenters. The molecule has 0 aromatic carbocycles. The zero-order valence-corrected chi connectivity index (χ0v) is 5.50. The van der Waals surface area contributed by atoms with Crippen LogP contribution in [0.5, 0.6) is 0 Å². The number of hydrogen-bond acceptors (Lipinski definition) is 1. The highest BCUT2D eigenvalue weighted by molar-refractivity contribution is 5.73. The van der Waals surface area contributed by atoms with Gasteiger partial charge in [0.25, 0.3) is 0 Å². The number of carboxylic acids is 1. The van der Waals surface area contributed by atoms with Crippen LogP contribution in [0.1, 0.15) is 13.3 Å². The minimum absolute atomic E-state index is 0.0856. The third kappa shape index (κ3) is 1.23. The van der Waals surface area contributed by atoms with Crippen molar-refractivity contribution in [3.8, 4) is 0 Å². The van der Waals surface area contributed by atoms with E-state index in [2.05, 4.69) is 6.92 Å². The Morgan fingerprint density at radius 3 is 2.56 bits per heavy atom. The summed E-state index contributed by atoms with van der Waals surface area (Å²) in [6, 6.07) is 0. The number of carboxylic acid groups (broad SMARTS) is 1. The largest absolute Gasteiger partial charge is 0.481 e. The molecule has 1 saturated carbocycles. The molecule has 0 bridgehead atoms. The monoisotopic (exact) mass is 127 g/mol. The molecule has 1 N–H and O–H groups in total. The Balaban J connectivity index is 2.33. The molecule has 2 heteroatoms. The lowest BCUT2D eigenvalue weighted by molar-refractivity contribution is -0.138. The van der Waals surface area contributed by atoms with Crippen LogP contribution in [0.2, 0.25) is 0 Å². The smallest absolute Gasteiger partial charge is 0.306 e. The first kappa shape index (κ1) is 6.59. The predicted octanol–water partition coefficient (Wildman–Crippen LogP) is 1.18. The molecule has 3 atom stereocenters. The third-order valence-corrected chi connectivity index (χ3v) is 1.89. The van der Waals surface area contributed by atoms with Crippen LogP contribution in [-0.4, -0.2) is 11.1 Å². The Morgan fingerprint density at radius 2 is 2.44 bits per heavy atom. The number of carbonyl (C=O) groups is 1. The molecule has 1 aliphatic rings. The van der Waals surface area contributed by atoms with Crippen LogP contribution in [0.15, 0.2) is 0 Å². The highest BCUT2D eigenvalue weighted by Crippen LogP contribution is 2.43. The summed E-state index contributed by atoms with van der Waals surface area (Å²) >= 11 is 0. The van der Waals surface area contributed by atoms with Gasteiger partial charge in [0.1, 0.15) is 0 Å². The highest BCUT2D eigenvalue weighted by Gasteiger charge is 2.44. The fourth-order valence-electron chi connectivity index (χ4n) is 1.13. The minimum atomic E-state index is -0.657. The van der Waals surface area contributed by atoms with E-state index < -0.39 is 5.97 Å².